The van der Waals surface area contributed by atoms with Crippen molar-refractivity contribution in [2.24, 2.45) is 0 Å². The van der Waals surface area contributed by atoms with Gasteiger partial charge in [-0.3, -0.25) is 18.6 Å². The smallest absolute Gasteiger partial charge is 0.263 e. The quantitative estimate of drug-likeness (QED) is 0.366. The van der Waals surface area contributed by atoms with Gasteiger partial charge in [-0.05, 0) is 35.9 Å². The predicted molar refractivity (Wildman–Crippen MR) is 131 cm³/mol. The van der Waals surface area contributed by atoms with Gasteiger partial charge in [-0.2, -0.15) is 0 Å². The maximum absolute atomic E-state index is 13.3. The normalized spacial score (nSPS) is 11.2. The summed E-state index contributed by atoms with van der Waals surface area (Å²) in [6, 6.07) is 24.0. The molecule has 0 aliphatic carbocycles. The van der Waals surface area contributed by atoms with Crippen molar-refractivity contribution in [3.8, 4) is 0 Å². The van der Waals surface area contributed by atoms with Crippen LogP contribution in [0.25, 0.3) is 16.7 Å². The standard InChI is InChI=1S/C24H18ClN5O2S/c25-17-9-6-10-18(13-17)26-21(31)15-33-24-28-27-23-29(14-16-7-2-1-3-8-16)22(32)19-11-4-5-12-20(19)30(23)24/h1-13H,14-15H2,(H,26,31). The number of rotatable bonds is 6. The summed E-state index contributed by atoms with van der Waals surface area (Å²) in [6.07, 6.45) is 0. The number of halogens is 1. The zero-order chi connectivity index (χ0) is 22.8. The molecule has 0 saturated heterocycles. The van der Waals surface area contributed by atoms with Crippen molar-refractivity contribution in [1.82, 2.24) is 19.2 Å². The highest BCUT2D eigenvalue weighted by Crippen LogP contribution is 2.23. The van der Waals surface area contributed by atoms with Crippen LogP contribution in [-0.2, 0) is 11.3 Å². The van der Waals surface area contributed by atoms with Gasteiger partial charge in [0.1, 0.15) is 0 Å². The number of para-hydroxylation sites is 1. The molecule has 0 unspecified atom stereocenters. The minimum atomic E-state index is -0.194. The number of nitrogens with one attached hydrogen (secondary N) is 1. The summed E-state index contributed by atoms with van der Waals surface area (Å²) in [6.45, 7) is 0.367. The van der Waals surface area contributed by atoms with E-state index in [1.165, 1.54) is 11.8 Å². The summed E-state index contributed by atoms with van der Waals surface area (Å²) < 4.78 is 3.44. The van der Waals surface area contributed by atoms with Gasteiger partial charge in [0.15, 0.2) is 5.16 Å². The van der Waals surface area contributed by atoms with Crippen molar-refractivity contribution in [1.29, 1.82) is 0 Å². The molecule has 0 radical (unpaired) electrons. The lowest BCUT2D eigenvalue weighted by molar-refractivity contribution is -0.113. The van der Waals surface area contributed by atoms with Gasteiger partial charge in [-0.15, -0.1) is 10.2 Å². The number of carbonyl (C=O) groups is 1. The second-order valence-corrected chi connectivity index (χ2v) is 8.74. The molecule has 0 spiro atoms. The molecule has 5 rings (SSSR count). The van der Waals surface area contributed by atoms with E-state index < -0.39 is 0 Å². The van der Waals surface area contributed by atoms with Gasteiger partial charge in [0.05, 0.1) is 23.2 Å². The van der Waals surface area contributed by atoms with E-state index in [0.29, 0.717) is 39.1 Å². The molecule has 0 saturated carbocycles. The minimum absolute atomic E-state index is 0.124. The van der Waals surface area contributed by atoms with Gasteiger partial charge in [0.2, 0.25) is 11.7 Å². The summed E-state index contributed by atoms with van der Waals surface area (Å²) in [5.41, 5.74) is 2.17. The van der Waals surface area contributed by atoms with E-state index in [2.05, 4.69) is 15.5 Å². The largest absolute Gasteiger partial charge is 0.325 e. The SMILES string of the molecule is O=C(CSc1nnc2n(Cc3ccccc3)c(=O)c3ccccc3n12)Nc1cccc(Cl)c1. The van der Waals surface area contributed by atoms with Crippen molar-refractivity contribution in [2.75, 3.05) is 11.1 Å². The highest BCUT2D eigenvalue weighted by molar-refractivity contribution is 7.99. The van der Waals surface area contributed by atoms with Gasteiger partial charge in [0.25, 0.3) is 5.56 Å². The number of anilines is 1. The van der Waals surface area contributed by atoms with Crippen molar-refractivity contribution in [2.45, 2.75) is 11.7 Å². The van der Waals surface area contributed by atoms with Gasteiger partial charge in [-0.1, -0.05) is 71.9 Å². The molecule has 33 heavy (non-hydrogen) atoms. The van der Waals surface area contributed by atoms with Crippen LogP contribution in [0.15, 0.2) is 88.8 Å². The van der Waals surface area contributed by atoms with E-state index >= 15 is 0 Å². The Morgan fingerprint density at radius 2 is 1.76 bits per heavy atom. The van der Waals surface area contributed by atoms with Gasteiger partial charge >= 0.3 is 0 Å². The summed E-state index contributed by atoms with van der Waals surface area (Å²) >= 11 is 7.24. The maximum Gasteiger partial charge on any atom is 0.263 e. The third kappa shape index (κ3) is 4.35. The number of nitrogens with zero attached hydrogens (tertiary/aromatic N) is 4. The van der Waals surface area contributed by atoms with Crippen LogP contribution >= 0.6 is 23.4 Å². The Morgan fingerprint density at radius 1 is 0.970 bits per heavy atom. The number of hydrogen-bond donors (Lipinski definition) is 1. The first kappa shape index (κ1) is 21.2. The lowest BCUT2D eigenvalue weighted by Gasteiger charge is -2.11. The highest BCUT2D eigenvalue weighted by atomic mass is 35.5. The molecule has 0 atom stereocenters. The second kappa shape index (κ2) is 9.09. The van der Waals surface area contributed by atoms with Crippen molar-refractivity contribution >= 4 is 51.6 Å². The average Bonchev–Trinajstić information content (AvgIpc) is 3.25. The Balaban J connectivity index is 1.50. The van der Waals surface area contributed by atoms with Crippen LogP contribution < -0.4 is 10.9 Å². The van der Waals surface area contributed by atoms with E-state index in [4.69, 9.17) is 11.6 Å². The Hall–Kier alpha value is -3.62. The van der Waals surface area contributed by atoms with Crippen LogP contribution in [0, 0.1) is 0 Å². The van der Waals surface area contributed by atoms with Crippen LogP contribution in [0.2, 0.25) is 5.02 Å². The minimum Gasteiger partial charge on any atom is -0.325 e. The van der Waals surface area contributed by atoms with E-state index in [0.717, 1.165) is 5.56 Å². The third-order valence-corrected chi connectivity index (χ3v) is 6.27. The topological polar surface area (TPSA) is 81.3 Å². The van der Waals surface area contributed by atoms with Gasteiger partial charge in [0, 0.05) is 10.7 Å². The van der Waals surface area contributed by atoms with E-state index in [1.807, 2.05) is 52.9 Å². The molecule has 2 heterocycles. The second-order valence-electron chi connectivity index (χ2n) is 7.36. The Kier molecular flexibility index (Phi) is 5.85. The molecule has 2 aromatic heterocycles. The van der Waals surface area contributed by atoms with Crippen LogP contribution in [0.4, 0.5) is 5.69 Å². The maximum atomic E-state index is 13.3. The molecular weight excluding hydrogens is 458 g/mol. The predicted octanol–water partition coefficient (Wildman–Crippen LogP) is 4.48. The van der Waals surface area contributed by atoms with Gasteiger partial charge in [-0.25, -0.2) is 0 Å². The Labute approximate surface area is 198 Å². The number of hydrogen-bond acceptors (Lipinski definition) is 5. The Bertz CT molecular complexity index is 1530. The molecule has 7 nitrogen and oxygen atoms in total. The molecule has 0 aliphatic heterocycles. The summed E-state index contributed by atoms with van der Waals surface area (Å²) in [4.78, 5) is 25.7. The number of thioether (sulfide) groups is 1. The van der Waals surface area contributed by atoms with Crippen molar-refractivity contribution in [3.05, 3.63) is 99.8 Å². The lowest BCUT2D eigenvalue weighted by Crippen LogP contribution is -2.24. The molecule has 9 heteroatoms. The monoisotopic (exact) mass is 475 g/mol. The van der Waals surface area contributed by atoms with Crippen LogP contribution in [0.5, 0.6) is 0 Å². The zero-order valence-corrected chi connectivity index (χ0v) is 18.9. The summed E-state index contributed by atoms with van der Waals surface area (Å²) in [5, 5.41) is 13.1. The molecule has 0 aliphatic rings. The van der Waals surface area contributed by atoms with Crippen molar-refractivity contribution < 1.29 is 4.79 Å². The number of carbonyl (C=O) groups excluding carboxylic acids is 1. The molecular formula is C24H18ClN5O2S. The van der Waals surface area contributed by atoms with Crippen molar-refractivity contribution in [3.63, 3.8) is 0 Å². The molecule has 0 bridgehead atoms. The molecule has 1 amide bonds. The zero-order valence-electron chi connectivity index (χ0n) is 17.3. The number of aromatic nitrogens is 4. The van der Waals surface area contributed by atoms with Crippen LogP contribution in [0.3, 0.4) is 0 Å². The molecule has 5 aromatic rings. The summed E-state index contributed by atoms with van der Waals surface area (Å²) in [5.74, 6) is 0.362. The first-order chi connectivity index (χ1) is 16.1. The number of amides is 1. The van der Waals surface area contributed by atoms with E-state index in [9.17, 15) is 9.59 Å². The average molecular weight is 476 g/mol. The Morgan fingerprint density at radius 3 is 2.58 bits per heavy atom. The molecule has 164 valence electrons. The first-order valence-corrected chi connectivity index (χ1v) is 11.6. The highest BCUT2D eigenvalue weighted by Gasteiger charge is 2.18. The fourth-order valence-electron chi connectivity index (χ4n) is 3.63. The van der Waals surface area contributed by atoms with E-state index in [-0.39, 0.29) is 17.2 Å². The van der Waals surface area contributed by atoms with Crippen LogP contribution in [-0.4, -0.2) is 30.8 Å². The van der Waals surface area contributed by atoms with Crippen LogP contribution in [0.1, 0.15) is 5.56 Å². The molecule has 0 fully saturated rings. The summed E-state index contributed by atoms with van der Waals surface area (Å²) in [7, 11) is 0. The first-order valence-electron chi connectivity index (χ1n) is 10.2. The number of fused-ring (bicyclic) bond motifs is 3. The molecule has 1 N–H and O–H groups in total. The fourth-order valence-corrected chi connectivity index (χ4v) is 4.56. The van der Waals surface area contributed by atoms with E-state index in [1.54, 1.807) is 34.9 Å². The third-order valence-electron chi connectivity index (χ3n) is 5.10. The number of benzene rings is 3. The fraction of sp³-hybridized carbons (Fsp3) is 0.0833. The van der Waals surface area contributed by atoms with Gasteiger partial charge < -0.3 is 5.32 Å². The lowest BCUT2D eigenvalue weighted by atomic mass is 10.2. The molecule has 3 aromatic carbocycles.